The van der Waals surface area contributed by atoms with Gasteiger partial charge in [0.1, 0.15) is 11.6 Å². The monoisotopic (exact) mass is 389 g/mol. The predicted octanol–water partition coefficient (Wildman–Crippen LogP) is -0.158. The fourth-order valence-electron chi connectivity index (χ4n) is 1.81. The largest absolute Gasteiger partial charge is 0.481 e. The Morgan fingerprint density at radius 1 is 0.889 bits per heavy atom. The van der Waals surface area contributed by atoms with Crippen molar-refractivity contribution in [3.8, 4) is 0 Å². The Labute approximate surface area is 156 Å². The Bertz CT molecular complexity index is 556. The van der Waals surface area contributed by atoms with Gasteiger partial charge in [-0.3, -0.25) is 19.2 Å². The number of hydrogen-bond acceptors (Lipinski definition) is 6. The molecule has 0 aliphatic heterocycles. The van der Waals surface area contributed by atoms with E-state index in [0.717, 1.165) is 0 Å². The molecule has 0 aliphatic carbocycles. The first-order valence-electron chi connectivity index (χ1n) is 8.38. The van der Waals surface area contributed by atoms with E-state index in [-0.39, 0.29) is 38.8 Å². The highest BCUT2D eigenvalue weighted by atomic mass is 16.6. The number of amides is 3. The van der Waals surface area contributed by atoms with Crippen LogP contribution < -0.4 is 16.0 Å². The van der Waals surface area contributed by atoms with Crippen LogP contribution in [0.25, 0.3) is 0 Å². The summed E-state index contributed by atoms with van der Waals surface area (Å²) in [4.78, 5) is 56.7. The standard InChI is InChI=1S/C16H27N3O8/c1-16(2,3)27-15(26)19-10(14(25)18-9-7-13(23)24)4-5-11(20)17-8-6-12(21)22/h10H,4-9H2,1-3H3,(H,17,20)(H,18,25)(H,19,26)(H,21,22)(H,23,24). The van der Waals surface area contributed by atoms with Gasteiger partial charge in [-0.15, -0.1) is 0 Å². The molecule has 1 unspecified atom stereocenters. The van der Waals surface area contributed by atoms with E-state index in [4.69, 9.17) is 14.9 Å². The molecule has 5 N–H and O–H groups in total. The molecule has 0 aromatic heterocycles. The molecule has 0 aliphatic rings. The molecule has 27 heavy (non-hydrogen) atoms. The van der Waals surface area contributed by atoms with Crippen LogP contribution in [0.2, 0.25) is 0 Å². The van der Waals surface area contributed by atoms with E-state index in [1.165, 1.54) is 0 Å². The Hall–Kier alpha value is -2.85. The van der Waals surface area contributed by atoms with Crippen molar-refractivity contribution in [1.82, 2.24) is 16.0 Å². The van der Waals surface area contributed by atoms with Gasteiger partial charge in [0.25, 0.3) is 0 Å². The van der Waals surface area contributed by atoms with Crippen LogP contribution in [-0.2, 0) is 23.9 Å². The Kier molecular flexibility index (Phi) is 10.5. The lowest BCUT2D eigenvalue weighted by molar-refractivity contribution is -0.138. The van der Waals surface area contributed by atoms with Crippen molar-refractivity contribution in [3.05, 3.63) is 0 Å². The summed E-state index contributed by atoms with van der Waals surface area (Å²) in [5, 5.41) is 24.2. The molecule has 0 aromatic rings. The van der Waals surface area contributed by atoms with Crippen LogP contribution >= 0.6 is 0 Å². The Morgan fingerprint density at radius 2 is 1.41 bits per heavy atom. The van der Waals surface area contributed by atoms with Gasteiger partial charge in [0.2, 0.25) is 11.8 Å². The minimum absolute atomic E-state index is 0.0524. The molecule has 0 rings (SSSR count). The molecule has 1 atom stereocenters. The third-order valence-corrected chi connectivity index (χ3v) is 2.97. The first-order chi connectivity index (χ1) is 12.4. The molecular weight excluding hydrogens is 362 g/mol. The van der Waals surface area contributed by atoms with E-state index in [1.54, 1.807) is 20.8 Å². The van der Waals surface area contributed by atoms with Crippen LogP contribution in [0.5, 0.6) is 0 Å². The molecule has 0 saturated heterocycles. The summed E-state index contributed by atoms with van der Waals surface area (Å²) in [7, 11) is 0. The second kappa shape index (κ2) is 11.7. The number of carboxylic acids is 2. The van der Waals surface area contributed by atoms with Crippen LogP contribution in [0.4, 0.5) is 4.79 Å². The molecule has 0 spiro atoms. The lowest BCUT2D eigenvalue weighted by Crippen LogP contribution is -2.49. The average molecular weight is 389 g/mol. The molecule has 0 bridgehead atoms. The third kappa shape index (κ3) is 14.0. The minimum atomic E-state index is -1.11. The summed E-state index contributed by atoms with van der Waals surface area (Å²) < 4.78 is 5.07. The first kappa shape index (κ1) is 24.1. The van der Waals surface area contributed by atoms with E-state index in [0.29, 0.717) is 0 Å². The van der Waals surface area contributed by atoms with Gasteiger partial charge in [-0.1, -0.05) is 0 Å². The van der Waals surface area contributed by atoms with E-state index in [1.807, 2.05) is 0 Å². The normalized spacial score (nSPS) is 11.8. The van der Waals surface area contributed by atoms with Gasteiger partial charge in [-0.25, -0.2) is 4.79 Å². The third-order valence-electron chi connectivity index (χ3n) is 2.97. The first-order valence-corrected chi connectivity index (χ1v) is 8.38. The zero-order valence-electron chi connectivity index (χ0n) is 15.7. The van der Waals surface area contributed by atoms with Crippen molar-refractivity contribution in [2.75, 3.05) is 13.1 Å². The molecule has 0 aromatic carbocycles. The van der Waals surface area contributed by atoms with Crippen LogP contribution in [0.1, 0.15) is 46.5 Å². The van der Waals surface area contributed by atoms with Crippen molar-refractivity contribution in [2.45, 2.75) is 58.1 Å². The quantitative estimate of drug-likeness (QED) is 0.324. The van der Waals surface area contributed by atoms with Crippen LogP contribution in [0.3, 0.4) is 0 Å². The SMILES string of the molecule is CC(C)(C)OC(=O)NC(CCC(=O)NCCC(=O)O)C(=O)NCCC(=O)O. The van der Waals surface area contributed by atoms with Gasteiger partial charge in [-0.05, 0) is 27.2 Å². The number of rotatable bonds is 11. The number of aliphatic carboxylic acids is 2. The number of hydrogen-bond donors (Lipinski definition) is 5. The Balaban J connectivity index is 4.68. The molecule has 0 saturated carbocycles. The van der Waals surface area contributed by atoms with Crippen LogP contribution in [0, 0.1) is 0 Å². The van der Waals surface area contributed by atoms with E-state index < -0.39 is 41.5 Å². The van der Waals surface area contributed by atoms with Crippen molar-refractivity contribution >= 4 is 29.8 Å². The Morgan fingerprint density at radius 3 is 1.89 bits per heavy atom. The van der Waals surface area contributed by atoms with Gasteiger partial charge >= 0.3 is 18.0 Å². The van der Waals surface area contributed by atoms with Crippen molar-refractivity contribution < 1.29 is 38.9 Å². The second-order valence-electron chi connectivity index (χ2n) is 6.67. The second-order valence-corrected chi connectivity index (χ2v) is 6.67. The molecule has 154 valence electrons. The maximum Gasteiger partial charge on any atom is 0.408 e. The summed E-state index contributed by atoms with van der Waals surface area (Å²) in [5.74, 6) is -3.28. The van der Waals surface area contributed by atoms with Gasteiger partial charge in [0.15, 0.2) is 0 Å². The molecule has 3 amide bonds. The van der Waals surface area contributed by atoms with Crippen molar-refractivity contribution in [1.29, 1.82) is 0 Å². The maximum atomic E-state index is 12.2. The molecular formula is C16H27N3O8. The van der Waals surface area contributed by atoms with Gasteiger partial charge in [-0.2, -0.15) is 0 Å². The summed E-state index contributed by atoms with van der Waals surface area (Å²) in [6, 6.07) is -1.11. The zero-order chi connectivity index (χ0) is 21.0. The highest BCUT2D eigenvalue weighted by molar-refractivity contribution is 5.87. The smallest absolute Gasteiger partial charge is 0.408 e. The fraction of sp³-hybridized carbons (Fsp3) is 0.688. The maximum absolute atomic E-state index is 12.2. The summed E-state index contributed by atoms with van der Waals surface area (Å²) >= 11 is 0. The number of alkyl carbamates (subject to hydrolysis) is 1. The summed E-state index contributed by atoms with van der Waals surface area (Å²) in [6.45, 7) is 4.74. The lowest BCUT2D eigenvalue weighted by atomic mass is 10.1. The lowest BCUT2D eigenvalue weighted by Gasteiger charge is -2.23. The number of carboxylic acid groups (broad SMARTS) is 2. The van der Waals surface area contributed by atoms with Crippen LogP contribution in [0.15, 0.2) is 0 Å². The average Bonchev–Trinajstić information content (AvgIpc) is 2.48. The highest BCUT2D eigenvalue weighted by Crippen LogP contribution is 2.08. The highest BCUT2D eigenvalue weighted by Gasteiger charge is 2.25. The molecule has 0 heterocycles. The van der Waals surface area contributed by atoms with Gasteiger partial charge < -0.3 is 30.9 Å². The van der Waals surface area contributed by atoms with Gasteiger partial charge in [0.05, 0.1) is 12.8 Å². The summed E-state index contributed by atoms with van der Waals surface area (Å²) in [5.41, 5.74) is -0.789. The van der Waals surface area contributed by atoms with Gasteiger partial charge in [0, 0.05) is 19.5 Å². The van der Waals surface area contributed by atoms with E-state index in [2.05, 4.69) is 16.0 Å². The number of carbonyl (C=O) groups excluding carboxylic acids is 3. The van der Waals surface area contributed by atoms with Crippen molar-refractivity contribution in [3.63, 3.8) is 0 Å². The summed E-state index contributed by atoms with van der Waals surface area (Å²) in [6.07, 6.45) is -1.60. The number of ether oxygens (including phenoxy) is 1. The fourth-order valence-corrected chi connectivity index (χ4v) is 1.81. The molecule has 11 heteroatoms. The van der Waals surface area contributed by atoms with E-state index in [9.17, 15) is 24.0 Å². The van der Waals surface area contributed by atoms with Crippen molar-refractivity contribution in [2.24, 2.45) is 0 Å². The molecule has 0 fully saturated rings. The topological polar surface area (TPSA) is 171 Å². The predicted molar refractivity (Wildman–Crippen MR) is 92.9 cm³/mol. The zero-order valence-corrected chi connectivity index (χ0v) is 15.7. The molecule has 0 radical (unpaired) electrons. The number of nitrogens with one attached hydrogen (secondary N) is 3. The van der Waals surface area contributed by atoms with E-state index >= 15 is 0 Å². The number of carbonyl (C=O) groups is 5. The molecule has 11 nitrogen and oxygen atoms in total. The van der Waals surface area contributed by atoms with Crippen LogP contribution in [-0.4, -0.2) is 64.8 Å². The minimum Gasteiger partial charge on any atom is -0.481 e.